The summed E-state index contributed by atoms with van der Waals surface area (Å²) in [5.41, 5.74) is 1.02. The van der Waals surface area contributed by atoms with Gasteiger partial charge in [-0.1, -0.05) is 46.1 Å². The molecule has 100 valence electrons. The number of hydrogen-bond acceptors (Lipinski definition) is 1. The van der Waals surface area contributed by atoms with Gasteiger partial charge in [-0.3, -0.25) is 0 Å². The van der Waals surface area contributed by atoms with Crippen molar-refractivity contribution < 1.29 is 4.74 Å². The Morgan fingerprint density at radius 2 is 1.89 bits per heavy atom. The van der Waals surface area contributed by atoms with Crippen LogP contribution < -0.4 is 4.74 Å². The fraction of sp³-hybridized carbons (Fsp3) is 0.571. The lowest BCUT2D eigenvalue weighted by Gasteiger charge is -2.28. The van der Waals surface area contributed by atoms with Crippen LogP contribution >= 0.6 is 39.1 Å². The summed E-state index contributed by atoms with van der Waals surface area (Å²) in [6.45, 7) is 2.30. The molecule has 1 fully saturated rings. The molecule has 0 saturated heterocycles. The maximum absolute atomic E-state index is 6.23. The lowest BCUT2D eigenvalue weighted by Crippen LogP contribution is -2.23. The van der Waals surface area contributed by atoms with Gasteiger partial charge >= 0.3 is 0 Å². The minimum atomic E-state index is 0.290. The summed E-state index contributed by atoms with van der Waals surface area (Å²) in [6, 6.07) is 3.65. The van der Waals surface area contributed by atoms with Crippen molar-refractivity contribution in [3.05, 3.63) is 27.7 Å². The lowest BCUT2D eigenvalue weighted by atomic mass is 9.89. The molecule has 0 atom stereocenters. The SMILES string of the molecule is CC1CCC(Oc2c(Cl)cc(Cl)cc2CBr)CC1. The van der Waals surface area contributed by atoms with Gasteiger partial charge in [-0.15, -0.1) is 0 Å². The molecule has 0 radical (unpaired) electrons. The minimum Gasteiger partial charge on any atom is -0.489 e. The molecule has 18 heavy (non-hydrogen) atoms. The quantitative estimate of drug-likeness (QED) is 0.621. The first-order valence-electron chi connectivity index (χ1n) is 6.30. The molecule has 1 aromatic carbocycles. The van der Waals surface area contributed by atoms with Crippen molar-refractivity contribution in [2.75, 3.05) is 0 Å². The van der Waals surface area contributed by atoms with E-state index < -0.39 is 0 Å². The van der Waals surface area contributed by atoms with E-state index in [4.69, 9.17) is 27.9 Å². The molecule has 0 spiro atoms. The maximum atomic E-state index is 6.23. The van der Waals surface area contributed by atoms with Crippen molar-refractivity contribution in [3.8, 4) is 5.75 Å². The standard InChI is InChI=1S/C14H17BrCl2O/c1-9-2-4-12(5-3-9)18-14-10(8-15)6-11(16)7-13(14)17/h6-7,9,12H,2-5,8H2,1H3. The second kappa shape index (κ2) is 6.49. The normalized spacial score (nSPS) is 24.0. The van der Waals surface area contributed by atoms with E-state index in [1.807, 2.05) is 6.07 Å². The number of halogens is 3. The highest BCUT2D eigenvalue weighted by atomic mass is 79.9. The third-order valence-electron chi connectivity index (χ3n) is 3.48. The Morgan fingerprint density at radius 1 is 1.22 bits per heavy atom. The molecule has 0 heterocycles. The van der Waals surface area contributed by atoms with Crippen LogP contribution in [-0.2, 0) is 5.33 Å². The van der Waals surface area contributed by atoms with Gasteiger partial charge in [0.1, 0.15) is 5.75 Å². The van der Waals surface area contributed by atoms with Crippen LogP contribution in [0.1, 0.15) is 38.2 Å². The van der Waals surface area contributed by atoms with E-state index in [0.29, 0.717) is 15.4 Å². The minimum absolute atomic E-state index is 0.290. The van der Waals surface area contributed by atoms with Gasteiger partial charge in [0, 0.05) is 15.9 Å². The average molecular weight is 352 g/mol. The van der Waals surface area contributed by atoms with E-state index in [1.165, 1.54) is 12.8 Å². The fourth-order valence-electron chi connectivity index (χ4n) is 2.36. The van der Waals surface area contributed by atoms with Crippen LogP contribution in [0, 0.1) is 5.92 Å². The van der Waals surface area contributed by atoms with Crippen molar-refractivity contribution in [1.29, 1.82) is 0 Å². The first kappa shape index (κ1) is 14.5. The van der Waals surface area contributed by atoms with Gasteiger partial charge in [0.15, 0.2) is 0 Å². The van der Waals surface area contributed by atoms with Gasteiger partial charge in [-0.25, -0.2) is 0 Å². The Labute approximate surface area is 127 Å². The van der Waals surface area contributed by atoms with Gasteiger partial charge in [-0.05, 0) is 43.7 Å². The van der Waals surface area contributed by atoms with E-state index in [1.54, 1.807) is 6.07 Å². The van der Waals surface area contributed by atoms with Crippen LogP contribution in [0.4, 0.5) is 0 Å². The smallest absolute Gasteiger partial charge is 0.142 e. The second-order valence-electron chi connectivity index (χ2n) is 5.01. The summed E-state index contributed by atoms with van der Waals surface area (Å²) in [5.74, 6) is 1.61. The predicted molar refractivity (Wildman–Crippen MR) is 81.1 cm³/mol. The van der Waals surface area contributed by atoms with Crippen molar-refractivity contribution in [1.82, 2.24) is 0 Å². The summed E-state index contributed by atoms with van der Waals surface area (Å²) in [7, 11) is 0. The van der Waals surface area contributed by atoms with Crippen LogP contribution in [0.3, 0.4) is 0 Å². The molecule has 0 bridgehead atoms. The van der Waals surface area contributed by atoms with Gasteiger partial charge in [-0.2, -0.15) is 0 Å². The zero-order valence-electron chi connectivity index (χ0n) is 10.4. The highest BCUT2D eigenvalue weighted by Crippen LogP contribution is 2.36. The molecule has 0 aromatic heterocycles. The topological polar surface area (TPSA) is 9.23 Å². The van der Waals surface area contributed by atoms with E-state index in [9.17, 15) is 0 Å². The maximum Gasteiger partial charge on any atom is 0.142 e. The Kier molecular flexibility index (Phi) is 5.23. The van der Waals surface area contributed by atoms with Crippen molar-refractivity contribution in [2.45, 2.75) is 44.0 Å². The van der Waals surface area contributed by atoms with E-state index >= 15 is 0 Å². The zero-order chi connectivity index (χ0) is 13.1. The van der Waals surface area contributed by atoms with Crippen LogP contribution in [0.15, 0.2) is 12.1 Å². The summed E-state index contributed by atoms with van der Waals surface area (Å²) in [6.07, 6.45) is 4.99. The molecule has 1 aliphatic rings. The summed E-state index contributed by atoms with van der Waals surface area (Å²) in [4.78, 5) is 0. The van der Waals surface area contributed by atoms with E-state index in [0.717, 1.165) is 30.1 Å². The molecule has 2 rings (SSSR count). The molecule has 4 heteroatoms. The van der Waals surface area contributed by atoms with E-state index in [2.05, 4.69) is 22.9 Å². The van der Waals surface area contributed by atoms with Gasteiger partial charge in [0.05, 0.1) is 11.1 Å². The summed E-state index contributed by atoms with van der Waals surface area (Å²) >= 11 is 15.7. The molecular formula is C14H17BrCl2O. The number of rotatable bonds is 3. The zero-order valence-corrected chi connectivity index (χ0v) is 13.5. The fourth-order valence-corrected chi connectivity index (χ4v) is 3.36. The van der Waals surface area contributed by atoms with Gasteiger partial charge in [0.25, 0.3) is 0 Å². The van der Waals surface area contributed by atoms with Crippen LogP contribution in [0.2, 0.25) is 10.0 Å². The first-order chi connectivity index (χ1) is 8.60. The Morgan fingerprint density at radius 3 is 2.50 bits per heavy atom. The Bertz CT molecular complexity index is 415. The molecule has 0 unspecified atom stereocenters. The molecule has 0 amide bonds. The second-order valence-corrected chi connectivity index (χ2v) is 6.41. The molecule has 1 nitrogen and oxygen atoms in total. The monoisotopic (exact) mass is 350 g/mol. The molecule has 0 aliphatic heterocycles. The third-order valence-corrected chi connectivity index (χ3v) is 4.58. The number of alkyl halides is 1. The Hall–Kier alpha value is 0.0800. The van der Waals surface area contributed by atoms with Crippen LogP contribution in [0.5, 0.6) is 5.75 Å². The highest BCUT2D eigenvalue weighted by Gasteiger charge is 2.21. The average Bonchev–Trinajstić information content (AvgIpc) is 2.34. The molecule has 1 aromatic rings. The van der Waals surface area contributed by atoms with Crippen LogP contribution in [0.25, 0.3) is 0 Å². The summed E-state index contributed by atoms with van der Waals surface area (Å²) in [5, 5.41) is 1.96. The van der Waals surface area contributed by atoms with Crippen molar-refractivity contribution in [3.63, 3.8) is 0 Å². The lowest BCUT2D eigenvalue weighted by molar-refractivity contribution is 0.135. The highest BCUT2D eigenvalue weighted by molar-refractivity contribution is 9.08. The molecule has 1 aliphatic carbocycles. The number of benzene rings is 1. The molecule has 1 saturated carbocycles. The largest absolute Gasteiger partial charge is 0.489 e. The predicted octanol–water partition coefficient (Wildman–Crippen LogP) is 5.85. The number of ether oxygens (including phenoxy) is 1. The Balaban J connectivity index is 2.13. The number of hydrogen-bond donors (Lipinski definition) is 0. The van der Waals surface area contributed by atoms with Crippen molar-refractivity contribution in [2.24, 2.45) is 5.92 Å². The van der Waals surface area contributed by atoms with Gasteiger partial charge < -0.3 is 4.74 Å². The third kappa shape index (κ3) is 3.55. The van der Waals surface area contributed by atoms with Gasteiger partial charge in [0.2, 0.25) is 0 Å². The molecule has 0 N–H and O–H groups in total. The van der Waals surface area contributed by atoms with Crippen molar-refractivity contribution >= 4 is 39.1 Å². The van der Waals surface area contributed by atoms with Crippen LogP contribution in [-0.4, -0.2) is 6.10 Å². The summed E-state index contributed by atoms with van der Waals surface area (Å²) < 4.78 is 6.09. The first-order valence-corrected chi connectivity index (χ1v) is 8.18. The molecular weight excluding hydrogens is 335 g/mol. The van der Waals surface area contributed by atoms with E-state index in [-0.39, 0.29) is 6.10 Å².